The Bertz CT molecular complexity index is 3380. The fraction of sp³-hybridized carbons (Fsp3) is 0.184. The minimum absolute atomic E-state index is 0.0161. The van der Waals surface area contributed by atoms with Crippen LogP contribution in [0.2, 0.25) is 5.02 Å². The summed E-state index contributed by atoms with van der Waals surface area (Å²) in [6, 6.07) is 37.6. The van der Waals surface area contributed by atoms with E-state index in [0.717, 1.165) is 28.8 Å². The van der Waals surface area contributed by atoms with Crippen molar-refractivity contribution < 1.29 is 48.0 Å². The van der Waals surface area contributed by atoms with Gasteiger partial charge in [-0.15, -0.1) is 0 Å². The molecule has 0 unspecified atom stereocenters. The van der Waals surface area contributed by atoms with E-state index in [1.54, 1.807) is 54.6 Å². The Kier molecular flexibility index (Phi) is 14.8. The highest BCUT2D eigenvalue weighted by Crippen LogP contribution is 2.38. The van der Waals surface area contributed by atoms with Gasteiger partial charge in [0.2, 0.25) is 10.0 Å². The van der Waals surface area contributed by atoms with E-state index in [-0.39, 0.29) is 47.7 Å². The van der Waals surface area contributed by atoms with Gasteiger partial charge in [-0.25, -0.2) is 30.0 Å². The van der Waals surface area contributed by atoms with Crippen LogP contribution in [-0.2, 0) is 36.4 Å². The van der Waals surface area contributed by atoms with Crippen molar-refractivity contribution in [3.63, 3.8) is 0 Å². The van der Waals surface area contributed by atoms with Gasteiger partial charge in [0.1, 0.15) is 21.3 Å². The number of amides is 1. The molecular weight excluding hydrogens is 989 g/mol. The second kappa shape index (κ2) is 20.8. The molecule has 1 amide bonds. The summed E-state index contributed by atoms with van der Waals surface area (Å²) in [5, 5.41) is 10.7. The van der Waals surface area contributed by atoms with Crippen LogP contribution >= 0.6 is 11.6 Å². The van der Waals surface area contributed by atoms with Crippen LogP contribution in [0.25, 0.3) is 22.0 Å². The van der Waals surface area contributed by atoms with E-state index in [4.69, 9.17) is 16.3 Å². The Balaban J connectivity index is 0.963. The molecule has 2 heterocycles. The van der Waals surface area contributed by atoms with Crippen LogP contribution in [0, 0.1) is 0 Å². The minimum atomic E-state index is -6.19. The number of rotatable bonds is 17. The quantitative estimate of drug-likeness (QED) is 0.0633. The number of halogens is 4. The number of piperidine rings is 1. The lowest BCUT2D eigenvalue weighted by atomic mass is 10.00. The SMILES string of the molecule is O=C(NS(=O)(=O)c1ccc(NC2CCN(S(=O)(=O)c3cccc4cccnc34)CC2)c(S(=O)(=O)C(F)(F)F)c1)c1ccc(NCCNCc2ccccc2-c2ccc(Cl)cc2)cc1Oc1ccccc1. The zero-order chi connectivity index (χ0) is 49.7. The lowest BCUT2D eigenvalue weighted by Crippen LogP contribution is -2.42. The monoisotopic (exact) mass is 1030 g/mol. The van der Waals surface area contributed by atoms with Crippen molar-refractivity contribution in [1.82, 2.24) is 19.3 Å². The number of anilines is 2. The maximum absolute atomic E-state index is 14.2. The van der Waals surface area contributed by atoms with E-state index in [2.05, 4.69) is 20.9 Å². The van der Waals surface area contributed by atoms with Crippen LogP contribution in [0.3, 0.4) is 0 Å². The Hall–Kier alpha value is -6.55. The molecule has 1 aromatic heterocycles. The molecule has 0 bridgehead atoms. The van der Waals surface area contributed by atoms with Gasteiger partial charge in [0.05, 0.1) is 21.7 Å². The summed E-state index contributed by atoms with van der Waals surface area (Å²) in [5.74, 6) is -0.986. The number of fused-ring (bicyclic) bond motifs is 1. The molecule has 8 rings (SSSR count). The second-order valence-electron chi connectivity index (χ2n) is 16.1. The first kappa shape index (κ1) is 49.9. The van der Waals surface area contributed by atoms with Crippen LogP contribution < -0.4 is 25.4 Å². The number of hydrogen-bond acceptors (Lipinski definition) is 12. The summed E-state index contributed by atoms with van der Waals surface area (Å²) < 4.78 is 133. The molecule has 1 fully saturated rings. The average molecular weight is 1030 g/mol. The fourth-order valence-electron chi connectivity index (χ4n) is 7.88. The third-order valence-corrected chi connectivity index (χ3v) is 16.5. The predicted molar refractivity (Wildman–Crippen MR) is 262 cm³/mol. The molecule has 0 radical (unpaired) electrons. The van der Waals surface area contributed by atoms with Crippen LogP contribution in [0.1, 0.15) is 28.8 Å². The van der Waals surface area contributed by atoms with Gasteiger partial charge in [-0.2, -0.15) is 17.5 Å². The minimum Gasteiger partial charge on any atom is -0.456 e. The van der Waals surface area contributed by atoms with Crippen molar-refractivity contribution >= 4 is 69.7 Å². The molecule has 1 aliphatic rings. The molecule has 0 aliphatic carbocycles. The molecule has 21 heteroatoms. The standard InChI is InChI=1S/C49H44ClF3N6O8S3/c50-36-17-15-33(16-18-36)41-13-5-4-8-35(41)32-54-26-27-55-38-19-21-42(44(30-38)67-39-11-2-1-3-12-39)48(60)58-69(63,64)40-20-22-43(46(31-40)68(61,62)49(51,52)53)57-37-23-28-59(29-24-37)70(65,66)45-14-6-9-34-10-7-25-56-47(34)45/h1-22,25,30-31,37,54-55,57H,23-24,26-29,32H2,(H,58,60). The van der Waals surface area contributed by atoms with Crippen molar-refractivity contribution in [3.8, 4) is 22.6 Å². The topological polar surface area (TPSA) is 193 Å². The third-order valence-electron chi connectivity index (χ3n) is 11.4. The van der Waals surface area contributed by atoms with Gasteiger partial charge in [0, 0.05) is 67.1 Å². The molecule has 0 spiro atoms. The van der Waals surface area contributed by atoms with Crippen molar-refractivity contribution in [2.75, 3.05) is 36.8 Å². The average Bonchev–Trinajstić information content (AvgIpc) is 3.34. The number of carbonyl (C=O) groups is 1. The zero-order valence-corrected chi connectivity index (χ0v) is 40.1. The maximum Gasteiger partial charge on any atom is 0.501 e. The first-order valence-electron chi connectivity index (χ1n) is 21.7. The molecule has 1 saturated heterocycles. The van der Waals surface area contributed by atoms with E-state index >= 15 is 0 Å². The number of hydrogen-bond donors (Lipinski definition) is 4. The van der Waals surface area contributed by atoms with Crippen molar-refractivity contribution in [2.24, 2.45) is 0 Å². The summed E-state index contributed by atoms with van der Waals surface area (Å²) in [4.78, 5) is 15.6. The summed E-state index contributed by atoms with van der Waals surface area (Å²) >= 11 is 6.09. The first-order valence-corrected chi connectivity index (χ1v) is 26.5. The number of para-hydroxylation sites is 2. The van der Waals surface area contributed by atoms with E-state index in [9.17, 15) is 43.2 Å². The number of nitrogens with one attached hydrogen (secondary N) is 4. The second-order valence-corrected chi connectivity index (χ2v) is 22.0. The Morgan fingerprint density at radius 3 is 2.21 bits per heavy atom. The summed E-state index contributed by atoms with van der Waals surface area (Å²) in [5.41, 5.74) is -2.76. The highest BCUT2D eigenvalue weighted by molar-refractivity contribution is 7.92. The molecule has 70 heavy (non-hydrogen) atoms. The van der Waals surface area contributed by atoms with E-state index < -0.39 is 62.8 Å². The number of carbonyl (C=O) groups excluding carboxylic acids is 1. The lowest BCUT2D eigenvalue weighted by Gasteiger charge is -2.32. The number of pyridine rings is 1. The van der Waals surface area contributed by atoms with Gasteiger partial charge < -0.3 is 20.7 Å². The Labute approximate surface area is 407 Å². The van der Waals surface area contributed by atoms with Gasteiger partial charge in [-0.05, 0) is 96.3 Å². The van der Waals surface area contributed by atoms with E-state index in [0.29, 0.717) is 47.5 Å². The number of ether oxygens (including phenoxy) is 1. The molecule has 1 aliphatic heterocycles. The van der Waals surface area contributed by atoms with Crippen molar-refractivity contribution in [1.29, 1.82) is 0 Å². The van der Waals surface area contributed by atoms with Crippen LogP contribution in [0.4, 0.5) is 24.5 Å². The molecule has 4 N–H and O–H groups in total. The van der Waals surface area contributed by atoms with Gasteiger partial charge in [-0.1, -0.05) is 84.4 Å². The molecule has 6 aromatic carbocycles. The number of aromatic nitrogens is 1. The number of sulfonamides is 2. The molecule has 364 valence electrons. The van der Waals surface area contributed by atoms with Gasteiger partial charge in [-0.3, -0.25) is 9.78 Å². The number of sulfone groups is 1. The van der Waals surface area contributed by atoms with Gasteiger partial charge in [0.15, 0.2) is 0 Å². The normalized spacial score (nSPS) is 14.0. The highest BCUT2D eigenvalue weighted by atomic mass is 35.5. The fourth-order valence-corrected chi connectivity index (χ4v) is 11.7. The van der Waals surface area contributed by atoms with Crippen molar-refractivity contribution in [2.45, 2.75) is 45.6 Å². The number of nitrogens with zero attached hydrogens (tertiary/aromatic N) is 2. The summed E-state index contributed by atoms with van der Waals surface area (Å²) in [6.07, 6.45) is 1.58. The number of alkyl halides is 3. The molecule has 7 aromatic rings. The van der Waals surface area contributed by atoms with Crippen molar-refractivity contribution in [3.05, 3.63) is 168 Å². The molecule has 14 nitrogen and oxygen atoms in total. The summed E-state index contributed by atoms with van der Waals surface area (Å²) in [7, 11) is -15.3. The predicted octanol–water partition coefficient (Wildman–Crippen LogP) is 9.23. The molecule has 0 atom stereocenters. The first-order chi connectivity index (χ1) is 33.4. The zero-order valence-electron chi connectivity index (χ0n) is 36.9. The van der Waals surface area contributed by atoms with Crippen LogP contribution in [-0.4, -0.2) is 78.2 Å². The van der Waals surface area contributed by atoms with E-state index in [1.807, 2.05) is 53.3 Å². The Morgan fingerprint density at radius 1 is 0.757 bits per heavy atom. The maximum atomic E-state index is 14.2. The third kappa shape index (κ3) is 11.2. The van der Waals surface area contributed by atoms with Crippen LogP contribution in [0.5, 0.6) is 11.5 Å². The van der Waals surface area contributed by atoms with Gasteiger partial charge >= 0.3 is 5.51 Å². The largest absolute Gasteiger partial charge is 0.501 e. The molecule has 0 saturated carbocycles. The van der Waals surface area contributed by atoms with Crippen LogP contribution in [0.15, 0.2) is 166 Å². The van der Waals surface area contributed by atoms with E-state index in [1.165, 1.54) is 34.8 Å². The smallest absolute Gasteiger partial charge is 0.456 e. The number of benzene rings is 6. The highest BCUT2D eigenvalue weighted by Gasteiger charge is 2.48. The lowest BCUT2D eigenvalue weighted by molar-refractivity contribution is -0.0436. The van der Waals surface area contributed by atoms with Gasteiger partial charge in [0.25, 0.3) is 25.8 Å². The molecular formula is C49H44ClF3N6O8S3. The summed E-state index contributed by atoms with van der Waals surface area (Å²) in [6.45, 7) is 1.34. The Morgan fingerprint density at radius 2 is 1.47 bits per heavy atom.